The topological polar surface area (TPSA) is 132 Å². The summed E-state index contributed by atoms with van der Waals surface area (Å²) in [6.07, 6.45) is 3.21. The van der Waals surface area contributed by atoms with Gasteiger partial charge < -0.3 is 30.5 Å². The molecule has 0 fully saturated rings. The Hall–Kier alpha value is -4.71. The molecule has 11 nitrogen and oxygen atoms in total. The molecule has 1 aliphatic heterocycles. The second-order valence-corrected chi connectivity index (χ2v) is 13.3. The number of anilines is 1. The third-order valence-corrected chi connectivity index (χ3v) is 9.63. The number of methoxy groups -OCH3 is 1. The van der Waals surface area contributed by atoms with Crippen molar-refractivity contribution < 1.29 is 24.5 Å². The molecule has 2 heterocycles. The van der Waals surface area contributed by atoms with Crippen molar-refractivity contribution in [1.29, 1.82) is 0 Å². The van der Waals surface area contributed by atoms with Crippen molar-refractivity contribution in [3.05, 3.63) is 106 Å². The van der Waals surface area contributed by atoms with Crippen LogP contribution in [0.5, 0.6) is 5.75 Å². The number of aliphatic hydroxyl groups excluding tert-OH is 2. The molecule has 272 valence electrons. The Balaban J connectivity index is 1.48. The number of hydrogen-bond donors (Lipinski definition) is 4. The number of carbonyl (C=O) groups is 2. The summed E-state index contributed by atoms with van der Waals surface area (Å²) in [5.41, 5.74) is 5.72. The van der Waals surface area contributed by atoms with Crippen molar-refractivity contribution in [3.63, 3.8) is 0 Å². The Morgan fingerprint density at radius 3 is 2.33 bits per heavy atom. The largest absolute Gasteiger partial charge is 0.497 e. The molecule has 3 aromatic carbocycles. The number of amides is 3. The SMILES string of the molecule is CCCCN(CCCC)C(=O)c1cc(C)n(-c2ccc(NC(=O)N[C@@H](C)c3ccc(OC)cc3)cc2C(O)N2Cc3ccccc3C[C@H]2CO)n1. The third kappa shape index (κ3) is 8.97. The van der Waals surface area contributed by atoms with Crippen LogP contribution in [0.2, 0.25) is 0 Å². The Labute approximate surface area is 301 Å². The van der Waals surface area contributed by atoms with Crippen molar-refractivity contribution in [2.24, 2.45) is 0 Å². The Bertz CT molecular complexity index is 1770. The highest BCUT2D eigenvalue weighted by Crippen LogP contribution is 2.34. The second-order valence-electron chi connectivity index (χ2n) is 13.3. The standard InChI is InChI=1S/C40H52N6O5/c1-6-8-20-44(21-9-7-2)39(49)36-22-27(3)46(43-36)37-19-16-32(42-40(50)41-28(4)29-14-17-34(51-5)18-15-29)24-35(37)38(48)45-25-31-13-11-10-12-30(31)23-33(45)26-47/h10-19,22,24,28,33,38,47-48H,6-9,20-21,23,25-26H2,1-5H3,(H2,41,42,50)/t28-,33-,38?/m0/s1. The average Bonchev–Trinajstić information content (AvgIpc) is 3.54. The van der Waals surface area contributed by atoms with Gasteiger partial charge in [-0.15, -0.1) is 0 Å². The van der Waals surface area contributed by atoms with E-state index in [1.54, 1.807) is 36.1 Å². The third-order valence-electron chi connectivity index (χ3n) is 9.63. The van der Waals surface area contributed by atoms with Gasteiger partial charge in [-0.3, -0.25) is 9.69 Å². The smallest absolute Gasteiger partial charge is 0.319 e. The zero-order chi connectivity index (χ0) is 36.5. The number of nitrogens with zero attached hydrogens (tertiary/aromatic N) is 4. The Kier molecular flexibility index (Phi) is 12.9. The van der Waals surface area contributed by atoms with Gasteiger partial charge in [0.2, 0.25) is 0 Å². The van der Waals surface area contributed by atoms with Gasteiger partial charge in [0.05, 0.1) is 25.4 Å². The van der Waals surface area contributed by atoms with Gasteiger partial charge in [0, 0.05) is 42.6 Å². The highest BCUT2D eigenvalue weighted by atomic mass is 16.5. The summed E-state index contributed by atoms with van der Waals surface area (Å²) in [6.45, 7) is 9.62. The first kappa shape index (κ1) is 37.5. The summed E-state index contributed by atoms with van der Waals surface area (Å²) in [7, 11) is 1.61. The predicted molar refractivity (Wildman–Crippen MR) is 199 cm³/mol. The van der Waals surface area contributed by atoms with Gasteiger partial charge in [-0.25, -0.2) is 9.48 Å². The second kappa shape index (κ2) is 17.5. The first-order chi connectivity index (χ1) is 24.7. The molecule has 4 aromatic rings. The molecule has 0 saturated carbocycles. The first-order valence-corrected chi connectivity index (χ1v) is 18.0. The average molecular weight is 697 g/mol. The molecule has 0 spiro atoms. The van der Waals surface area contributed by atoms with Crippen molar-refractivity contribution in [3.8, 4) is 11.4 Å². The van der Waals surface area contributed by atoms with E-state index in [1.165, 1.54) is 0 Å². The van der Waals surface area contributed by atoms with E-state index in [0.717, 1.165) is 53.8 Å². The molecule has 0 bridgehead atoms. The quantitative estimate of drug-likeness (QED) is 0.111. The van der Waals surface area contributed by atoms with Crippen LogP contribution in [-0.4, -0.2) is 74.6 Å². The minimum atomic E-state index is -1.16. The fourth-order valence-electron chi connectivity index (χ4n) is 6.61. The number of hydrogen-bond acceptors (Lipinski definition) is 7. The van der Waals surface area contributed by atoms with Crippen molar-refractivity contribution >= 4 is 17.6 Å². The van der Waals surface area contributed by atoms with Crippen LogP contribution < -0.4 is 15.4 Å². The number of carbonyl (C=O) groups excluding carboxylic acids is 2. The summed E-state index contributed by atoms with van der Waals surface area (Å²) in [5, 5.41) is 33.3. The number of rotatable bonds is 15. The molecule has 1 aliphatic rings. The molecule has 51 heavy (non-hydrogen) atoms. The van der Waals surface area contributed by atoms with Crippen LogP contribution in [0.15, 0.2) is 72.8 Å². The molecule has 1 unspecified atom stereocenters. The molecule has 5 rings (SSSR count). The van der Waals surface area contributed by atoms with E-state index < -0.39 is 12.3 Å². The molecule has 0 aliphatic carbocycles. The van der Waals surface area contributed by atoms with Gasteiger partial charge in [-0.1, -0.05) is 63.1 Å². The van der Waals surface area contributed by atoms with Crippen LogP contribution in [0.1, 0.15) is 97.2 Å². The van der Waals surface area contributed by atoms with Crippen LogP contribution >= 0.6 is 0 Å². The van der Waals surface area contributed by atoms with E-state index >= 15 is 0 Å². The lowest BCUT2D eigenvalue weighted by Gasteiger charge is -2.39. The molecular formula is C40H52N6O5. The monoisotopic (exact) mass is 696 g/mol. The maximum atomic E-state index is 13.7. The lowest BCUT2D eigenvalue weighted by atomic mass is 9.93. The van der Waals surface area contributed by atoms with Gasteiger partial charge in [-0.05, 0) is 86.2 Å². The number of aryl methyl sites for hydroxylation is 1. The van der Waals surface area contributed by atoms with Gasteiger partial charge >= 0.3 is 6.03 Å². The number of aliphatic hydroxyl groups is 2. The number of ether oxygens (including phenoxy) is 1. The van der Waals surface area contributed by atoms with E-state index in [2.05, 4.69) is 30.5 Å². The van der Waals surface area contributed by atoms with Crippen LogP contribution in [0, 0.1) is 6.92 Å². The molecule has 11 heteroatoms. The van der Waals surface area contributed by atoms with Crippen molar-refractivity contribution in [2.75, 3.05) is 32.1 Å². The first-order valence-electron chi connectivity index (χ1n) is 18.0. The number of unbranched alkanes of at least 4 members (excludes halogenated alkanes) is 2. The van der Waals surface area contributed by atoms with Gasteiger partial charge in [-0.2, -0.15) is 5.10 Å². The van der Waals surface area contributed by atoms with E-state index in [4.69, 9.17) is 9.84 Å². The minimum Gasteiger partial charge on any atom is -0.497 e. The Morgan fingerprint density at radius 2 is 1.69 bits per heavy atom. The Morgan fingerprint density at radius 1 is 1.00 bits per heavy atom. The molecule has 0 radical (unpaired) electrons. The number of nitrogens with one attached hydrogen (secondary N) is 2. The molecule has 1 aromatic heterocycles. The van der Waals surface area contributed by atoms with Crippen LogP contribution in [0.25, 0.3) is 5.69 Å². The molecule has 4 N–H and O–H groups in total. The fourth-order valence-corrected chi connectivity index (χ4v) is 6.61. The normalized spacial score (nSPS) is 15.5. The highest BCUT2D eigenvalue weighted by molar-refractivity contribution is 5.92. The van der Waals surface area contributed by atoms with E-state index in [0.29, 0.717) is 48.7 Å². The van der Waals surface area contributed by atoms with Crippen LogP contribution in [0.3, 0.4) is 0 Å². The predicted octanol–water partition coefficient (Wildman–Crippen LogP) is 6.52. The van der Waals surface area contributed by atoms with Gasteiger partial charge in [0.1, 0.15) is 12.0 Å². The molecule has 0 saturated heterocycles. The van der Waals surface area contributed by atoms with Crippen LogP contribution in [0.4, 0.5) is 10.5 Å². The number of urea groups is 1. The van der Waals surface area contributed by atoms with Gasteiger partial charge in [0.25, 0.3) is 5.91 Å². The summed E-state index contributed by atoms with van der Waals surface area (Å²) in [6, 6.07) is 21.6. The summed E-state index contributed by atoms with van der Waals surface area (Å²) in [5.74, 6) is 0.617. The molecule has 3 amide bonds. The molecular weight excluding hydrogens is 644 g/mol. The van der Waals surface area contributed by atoms with E-state index in [1.807, 2.05) is 66.1 Å². The van der Waals surface area contributed by atoms with Gasteiger partial charge in [0.15, 0.2) is 5.69 Å². The fraction of sp³-hybridized carbons (Fsp3) is 0.425. The zero-order valence-corrected chi connectivity index (χ0v) is 30.4. The minimum absolute atomic E-state index is 0.116. The maximum Gasteiger partial charge on any atom is 0.319 e. The number of benzene rings is 3. The number of fused-ring (bicyclic) bond motifs is 1. The summed E-state index contributed by atoms with van der Waals surface area (Å²) < 4.78 is 6.94. The number of aromatic nitrogens is 2. The zero-order valence-electron chi connectivity index (χ0n) is 30.4. The van der Waals surface area contributed by atoms with Crippen molar-refractivity contribution in [2.45, 2.75) is 84.7 Å². The van der Waals surface area contributed by atoms with Crippen LogP contribution in [-0.2, 0) is 13.0 Å². The van der Waals surface area contributed by atoms with Crippen molar-refractivity contribution in [1.82, 2.24) is 24.9 Å². The lowest BCUT2D eigenvalue weighted by Crippen LogP contribution is -2.45. The summed E-state index contributed by atoms with van der Waals surface area (Å²) in [4.78, 5) is 30.7. The van der Waals surface area contributed by atoms with E-state index in [-0.39, 0.29) is 24.6 Å². The molecule has 3 atom stereocenters. The van der Waals surface area contributed by atoms with E-state index in [9.17, 15) is 19.8 Å². The highest BCUT2D eigenvalue weighted by Gasteiger charge is 2.33. The summed E-state index contributed by atoms with van der Waals surface area (Å²) >= 11 is 0. The maximum absolute atomic E-state index is 13.7. The lowest BCUT2D eigenvalue weighted by molar-refractivity contribution is -0.0529.